The summed E-state index contributed by atoms with van der Waals surface area (Å²) in [5.74, 6) is 0. The van der Waals surface area contributed by atoms with Gasteiger partial charge in [0.05, 0.1) is 73.5 Å². The molecule has 4 nitrogen and oxygen atoms in total. The summed E-state index contributed by atoms with van der Waals surface area (Å²) in [6.07, 6.45) is -17.1. The maximum Gasteiger partial charge on any atom is 0.416 e. The van der Waals surface area contributed by atoms with E-state index in [9.17, 15) is 57.9 Å². The molecular formula is C52H26F12N4. The number of pyridine rings is 1. The molecule has 0 fully saturated rings. The van der Waals surface area contributed by atoms with Gasteiger partial charge in [-0.05, 0) is 113 Å². The number of alkyl halides is 12. The lowest BCUT2D eigenvalue weighted by atomic mass is 9.97. The van der Waals surface area contributed by atoms with Crippen LogP contribution in [0.5, 0.6) is 0 Å². The molecule has 0 amide bonds. The molecule has 0 aliphatic carbocycles. The number of rotatable bonds is 5. The van der Waals surface area contributed by atoms with Gasteiger partial charge in [-0.1, -0.05) is 54.6 Å². The Morgan fingerprint density at radius 1 is 0.382 bits per heavy atom. The molecule has 0 aliphatic rings. The van der Waals surface area contributed by atoms with Gasteiger partial charge in [-0.3, -0.25) is 4.98 Å². The molecule has 0 radical (unpaired) electrons. The van der Waals surface area contributed by atoms with E-state index >= 15 is 0 Å². The zero-order valence-electron chi connectivity index (χ0n) is 34.3. The van der Waals surface area contributed by atoms with Gasteiger partial charge in [0.15, 0.2) is 0 Å². The Kier molecular flexibility index (Phi) is 9.99. The van der Waals surface area contributed by atoms with Crippen molar-refractivity contribution in [1.29, 1.82) is 5.26 Å². The normalized spacial score (nSPS) is 12.7. The Morgan fingerprint density at radius 2 is 0.794 bits per heavy atom. The van der Waals surface area contributed by atoms with Crippen molar-refractivity contribution in [2.24, 2.45) is 0 Å². The maximum atomic E-state index is 13.9. The van der Waals surface area contributed by atoms with Gasteiger partial charge in [0.1, 0.15) is 0 Å². The number of hydrogen-bond acceptors (Lipinski definition) is 2. The smallest absolute Gasteiger partial charge is 0.309 e. The molecule has 3 heterocycles. The van der Waals surface area contributed by atoms with Crippen LogP contribution in [0.3, 0.4) is 0 Å². The summed E-state index contributed by atoms with van der Waals surface area (Å²) < 4.78 is 171. The summed E-state index contributed by atoms with van der Waals surface area (Å²) in [5, 5.41) is 12.4. The third kappa shape index (κ3) is 7.53. The highest BCUT2D eigenvalue weighted by atomic mass is 19.4. The molecule has 3 aromatic heterocycles. The van der Waals surface area contributed by atoms with Gasteiger partial charge >= 0.3 is 24.7 Å². The van der Waals surface area contributed by atoms with Crippen LogP contribution in [0.1, 0.15) is 27.8 Å². The molecule has 68 heavy (non-hydrogen) atoms. The fourth-order valence-corrected chi connectivity index (χ4v) is 8.87. The molecule has 10 aromatic rings. The molecule has 0 N–H and O–H groups in total. The predicted molar refractivity (Wildman–Crippen MR) is 234 cm³/mol. The Labute approximate surface area is 376 Å². The predicted octanol–water partition coefficient (Wildman–Crippen LogP) is 16.2. The summed E-state index contributed by atoms with van der Waals surface area (Å²) in [4.78, 5) is 4.44. The lowest BCUT2D eigenvalue weighted by Crippen LogP contribution is -2.11. The Bertz CT molecular complexity index is 3650. The average molecular weight is 935 g/mol. The lowest BCUT2D eigenvalue weighted by Gasteiger charge is -2.18. The molecule has 0 saturated heterocycles. The summed E-state index contributed by atoms with van der Waals surface area (Å²) in [7, 11) is 0. The molecule has 0 saturated carbocycles. The standard InChI is InChI=1S/C52H26F12N4/c53-49(54,55)33-18-31(19-34(24-33)50(56,57)58)29-10-13-45-41(22-29)37-5-1-3-7-43(37)67(45)47-17-28(26-65)9-12-39(47)40-15-16-66-27-48(40)68-44-8-4-2-6-38(44)42-23-30(11-14-46(42)68)32-20-35(51(59,60)61)25-36(21-32)52(62,63)64/h1-25,27H. The third-order valence-electron chi connectivity index (χ3n) is 11.9. The van der Waals surface area contributed by atoms with Crippen LogP contribution in [0.4, 0.5) is 52.7 Å². The SMILES string of the molecule is N#Cc1ccc(-c2ccncc2-n2c3ccccc3c3cc(-c4cc(C(F)(F)F)cc(C(F)(F)F)c4)ccc32)c(-n2c3ccccc3c3cc(-c4cc(C(F)(F)F)cc(C(F)(F)F)c4)ccc32)c1. The van der Waals surface area contributed by atoms with Crippen LogP contribution < -0.4 is 0 Å². The second kappa shape index (κ2) is 15.5. The molecule has 0 aliphatic heterocycles. The Balaban J connectivity index is 1.18. The summed E-state index contributed by atoms with van der Waals surface area (Å²) in [5.41, 5.74) is -1.74. The summed E-state index contributed by atoms with van der Waals surface area (Å²) >= 11 is 0. The van der Waals surface area contributed by atoms with Crippen LogP contribution in [-0.4, -0.2) is 14.1 Å². The quantitative estimate of drug-likeness (QED) is 0.161. The van der Waals surface area contributed by atoms with Gasteiger partial charge in [-0.25, -0.2) is 0 Å². The summed E-state index contributed by atoms with van der Waals surface area (Å²) in [6, 6.07) is 34.9. The monoisotopic (exact) mass is 934 g/mol. The Hall–Kier alpha value is -8.06. The zero-order valence-corrected chi connectivity index (χ0v) is 34.3. The van der Waals surface area contributed by atoms with Crippen molar-refractivity contribution in [3.05, 3.63) is 186 Å². The van der Waals surface area contributed by atoms with Crippen molar-refractivity contribution in [2.75, 3.05) is 0 Å². The van der Waals surface area contributed by atoms with E-state index in [0.717, 1.165) is 0 Å². The Morgan fingerprint density at radius 3 is 1.24 bits per heavy atom. The molecule has 7 aromatic carbocycles. The number of benzene rings is 7. The molecule has 16 heteroatoms. The van der Waals surface area contributed by atoms with Crippen molar-refractivity contribution in [3.63, 3.8) is 0 Å². The van der Waals surface area contributed by atoms with Crippen LogP contribution in [0, 0.1) is 11.3 Å². The second-order valence-corrected chi connectivity index (χ2v) is 16.0. The highest BCUT2D eigenvalue weighted by Crippen LogP contribution is 2.45. The van der Waals surface area contributed by atoms with E-state index in [2.05, 4.69) is 11.1 Å². The highest BCUT2D eigenvalue weighted by Gasteiger charge is 2.38. The van der Waals surface area contributed by atoms with E-state index in [-0.39, 0.29) is 39.9 Å². The van der Waals surface area contributed by atoms with E-state index < -0.39 is 47.0 Å². The van der Waals surface area contributed by atoms with Gasteiger partial charge < -0.3 is 9.13 Å². The first-order chi connectivity index (χ1) is 32.2. The van der Waals surface area contributed by atoms with Crippen molar-refractivity contribution < 1.29 is 52.7 Å². The summed E-state index contributed by atoms with van der Waals surface area (Å²) in [6.45, 7) is 0. The number of hydrogen-bond donors (Lipinski definition) is 0. The van der Waals surface area contributed by atoms with Crippen LogP contribution >= 0.6 is 0 Å². The van der Waals surface area contributed by atoms with Crippen LogP contribution in [-0.2, 0) is 24.7 Å². The van der Waals surface area contributed by atoms with Crippen molar-refractivity contribution in [3.8, 4) is 50.8 Å². The minimum atomic E-state index is -5.07. The highest BCUT2D eigenvalue weighted by molar-refractivity contribution is 6.12. The number of para-hydroxylation sites is 2. The minimum absolute atomic E-state index is 0.0678. The number of halogens is 12. The first kappa shape index (κ1) is 43.8. The minimum Gasteiger partial charge on any atom is -0.309 e. The lowest BCUT2D eigenvalue weighted by molar-refractivity contribution is -0.144. The van der Waals surface area contributed by atoms with E-state index in [1.54, 1.807) is 97.3 Å². The first-order valence-electron chi connectivity index (χ1n) is 20.3. The third-order valence-corrected chi connectivity index (χ3v) is 11.9. The fourth-order valence-electron chi connectivity index (χ4n) is 8.87. The topological polar surface area (TPSA) is 46.5 Å². The molecule has 0 atom stereocenters. The fraction of sp³-hybridized carbons (Fsp3) is 0.0769. The maximum absolute atomic E-state index is 13.9. The van der Waals surface area contributed by atoms with Crippen LogP contribution in [0.25, 0.3) is 88.4 Å². The number of nitriles is 1. The van der Waals surface area contributed by atoms with E-state index in [1.165, 1.54) is 24.3 Å². The van der Waals surface area contributed by atoms with Crippen LogP contribution in [0.2, 0.25) is 0 Å². The van der Waals surface area contributed by atoms with Crippen molar-refractivity contribution in [1.82, 2.24) is 14.1 Å². The van der Waals surface area contributed by atoms with E-state index in [4.69, 9.17) is 0 Å². The zero-order chi connectivity index (χ0) is 48.1. The average Bonchev–Trinajstić information content (AvgIpc) is 3.82. The van der Waals surface area contributed by atoms with Gasteiger partial charge in [-0.2, -0.15) is 57.9 Å². The van der Waals surface area contributed by atoms with Gasteiger partial charge in [0, 0.05) is 38.9 Å². The van der Waals surface area contributed by atoms with Crippen LogP contribution in [0.15, 0.2) is 158 Å². The van der Waals surface area contributed by atoms with E-state index in [1.807, 2.05) is 9.13 Å². The van der Waals surface area contributed by atoms with Gasteiger partial charge in [0.25, 0.3) is 0 Å². The van der Waals surface area contributed by atoms with Gasteiger partial charge in [-0.15, -0.1) is 0 Å². The second-order valence-electron chi connectivity index (χ2n) is 16.0. The molecule has 338 valence electrons. The molecule has 10 rings (SSSR count). The molecule has 0 bridgehead atoms. The molecule has 0 unspecified atom stereocenters. The van der Waals surface area contributed by atoms with E-state index in [0.29, 0.717) is 90.4 Å². The van der Waals surface area contributed by atoms with Crippen molar-refractivity contribution >= 4 is 43.6 Å². The largest absolute Gasteiger partial charge is 0.416 e. The van der Waals surface area contributed by atoms with Crippen molar-refractivity contribution in [2.45, 2.75) is 24.7 Å². The molecule has 0 spiro atoms. The first-order valence-corrected chi connectivity index (χ1v) is 20.3. The molecular weight excluding hydrogens is 909 g/mol. The number of fused-ring (bicyclic) bond motifs is 6. The van der Waals surface area contributed by atoms with Gasteiger partial charge in [0.2, 0.25) is 0 Å². The number of nitrogens with zero attached hydrogens (tertiary/aromatic N) is 4. The number of aromatic nitrogens is 3.